The molecule has 1 heterocycles. The van der Waals surface area contributed by atoms with Gasteiger partial charge >= 0.3 is 0 Å². The second-order valence-corrected chi connectivity index (χ2v) is 6.66. The summed E-state index contributed by atoms with van der Waals surface area (Å²) in [5.41, 5.74) is 2.21. The van der Waals surface area contributed by atoms with Gasteiger partial charge in [-0.1, -0.05) is 19.9 Å². The number of H-pyrrole nitrogens is 1. The zero-order valence-corrected chi connectivity index (χ0v) is 13.7. The van der Waals surface area contributed by atoms with E-state index < -0.39 is 0 Å². The van der Waals surface area contributed by atoms with Crippen LogP contribution in [0.4, 0.5) is 0 Å². The highest BCUT2D eigenvalue weighted by molar-refractivity contribution is 7.71. The molecule has 1 N–H and O–H groups in total. The van der Waals surface area contributed by atoms with E-state index in [1.54, 1.807) is 7.11 Å². The fourth-order valence-corrected chi connectivity index (χ4v) is 3.08. The molecule has 0 saturated carbocycles. The van der Waals surface area contributed by atoms with E-state index in [0.29, 0.717) is 0 Å². The smallest absolute Gasteiger partial charge is 0.178 e. The van der Waals surface area contributed by atoms with Gasteiger partial charge in [0.2, 0.25) is 0 Å². The van der Waals surface area contributed by atoms with Gasteiger partial charge in [0, 0.05) is 13.1 Å². The van der Waals surface area contributed by atoms with Crippen molar-refractivity contribution in [1.82, 2.24) is 14.5 Å². The van der Waals surface area contributed by atoms with E-state index in [-0.39, 0.29) is 5.41 Å². The molecular weight excluding hydrogens is 270 g/mol. The second kappa shape index (κ2) is 5.58. The Morgan fingerprint density at radius 3 is 2.65 bits per heavy atom. The Bertz CT molecular complexity index is 655. The summed E-state index contributed by atoms with van der Waals surface area (Å²) in [6, 6.07) is 6.03. The van der Waals surface area contributed by atoms with Gasteiger partial charge in [-0.25, -0.2) is 0 Å². The molecule has 110 valence electrons. The second-order valence-electron chi connectivity index (χ2n) is 6.27. The molecule has 1 aromatic heterocycles. The van der Waals surface area contributed by atoms with Gasteiger partial charge in [-0.3, -0.25) is 0 Å². The Morgan fingerprint density at radius 1 is 1.35 bits per heavy atom. The summed E-state index contributed by atoms with van der Waals surface area (Å²) in [4.78, 5) is 5.47. The summed E-state index contributed by atoms with van der Waals surface area (Å²) in [7, 11) is 5.87. The van der Waals surface area contributed by atoms with Crippen LogP contribution in [0.1, 0.15) is 13.8 Å². The fraction of sp³-hybridized carbons (Fsp3) is 0.533. The topological polar surface area (TPSA) is 33.2 Å². The van der Waals surface area contributed by atoms with Crippen molar-refractivity contribution in [3.8, 4) is 5.75 Å². The van der Waals surface area contributed by atoms with Crippen molar-refractivity contribution < 1.29 is 4.74 Å². The third-order valence-electron chi connectivity index (χ3n) is 3.32. The lowest BCUT2D eigenvalue weighted by Gasteiger charge is -2.28. The maximum absolute atomic E-state index is 5.48. The maximum Gasteiger partial charge on any atom is 0.178 e. The van der Waals surface area contributed by atoms with Gasteiger partial charge < -0.3 is 19.2 Å². The lowest BCUT2D eigenvalue weighted by Crippen LogP contribution is -2.32. The highest BCUT2D eigenvalue weighted by Crippen LogP contribution is 2.27. The lowest BCUT2D eigenvalue weighted by molar-refractivity contribution is 0.212. The molecule has 0 radical (unpaired) electrons. The number of hydrogen-bond donors (Lipinski definition) is 1. The molecule has 20 heavy (non-hydrogen) atoms. The van der Waals surface area contributed by atoms with Crippen molar-refractivity contribution >= 4 is 23.3 Å². The average Bonchev–Trinajstić information content (AvgIpc) is 2.64. The predicted molar refractivity (Wildman–Crippen MR) is 86.0 cm³/mol. The van der Waals surface area contributed by atoms with Crippen molar-refractivity contribution in [1.29, 1.82) is 0 Å². The number of ether oxygens (including phenoxy) is 1. The average molecular weight is 293 g/mol. The Kier molecular flexibility index (Phi) is 4.20. The number of aromatic amines is 1. The van der Waals surface area contributed by atoms with E-state index in [1.165, 1.54) is 0 Å². The lowest BCUT2D eigenvalue weighted by atomic mass is 9.93. The van der Waals surface area contributed by atoms with Gasteiger partial charge in [-0.05, 0) is 43.9 Å². The summed E-state index contributed by atoms with van der Waals surface area (Å²) in [6.07, 6.45) is 0. The number of imidazole rings is 1. The number of fused-ring (bicyclic) bond motifs is 1. The third kappa shape index (κ3) is 3.04. The molecule has 0 aliphatic rings. The van der Waals surface area contributed by atoms with Gasteiger partial charge in [-0.15, -0.1) is 0 Å². The quantitative estimate of drug-likeness (QED) is 0.859. The van der Waals surface area contributed by atoms with Crippen LogP contribution < -0.4 is 4.74 Å². The normalized spacial score (nSPS) is 12.3. The number of aromatic nitrogens is 2. The minimum atomic E-state index is 0.139. The van der Waals surface area contributed by atoms with Crippen LogP contribution >= 0.6 is 12.2 Å². The van der Waals surface area contributed by atoms with Crippen LogP contribution in [-0.4, -0.2) is 42.2 Å². The van der Waals surface area contributed by atoms with Crippen LogP contribution in [-0.2, 0) is 6.54 Å². The van der Waals surface area contributed by atoms with Crippen molar-refractivity contribution in [2.75, 3.05) is 27.7 Å². The van der Waals surface area contributed by atoms with E-state index >= 15 is 0 Å². The molecule has 0 amide bonds. The Labute approximate surface area is 125 Å². The minimum Gasteiger partial charge on any atom is -0.494 e. The van der Waals surface area contributed by atoms with E-state index in [9.17, 15) is 0 Å². The molecule has 0 aliphatic heterocycles. The molecule has 0 atom stereocenters. The molecule has 2 rings (SSSR count). The van der Waals surface area contributed by atoms with Gasteiger partial charge in [0.15, 0.2) is 4.77 Å². The molecule has 2 aromatic rings. The van der Waals surface area contributed by atoms with Crippen LogP contribution in [0.15, 0.2) is 18.2 Å². The molecule has 0 bridgehead atoms. The third-order valence-corrected chi connectivity index (χ3v) is 3.64. The van der Waals surface area contributed by atoms with E-state index in [1.807, 2.05) is 12.1 Å². The SMILES string of the molecule is COc1cccc2c1[nH]c(=S)n2CC(C)(C)CN(C)C. The number of rotatable bonds is 5. The summed E-state index contributed by atoms with van der Waals surface area (Å²) in [5.74, 6) is 0.831. The van der Waals surface area contributed by atoms with Gasteiger partial charge in [0.05, 0.1) is 12.6 Å². The standard InChI is InChI=1S/C15H23N3OS/c1-15(2,9-17(3)4)10-18-11-7-6-8-12(19-5)13(11)16-14(18)20/h6-8H,9-10H2,1-5H3,(H,16,20). The van der Waals surface area contributed by atoms with Crippen LogP contribution in [0.2, 0.25) is 0 Å². The molecule has 0 aliphatic carbocycles. The monoisotopic (exact) mass is 293 g/mol. The van der Waals surface area contributed by atoms with Gasteiger partial charge in [-0.2, -0.15) is 0 Å². The van der Waals surface area contributed by atoms with Crippen molar-refractivity contribution in [2.45, 2.75) is 20.4 Å². The number of nitrogens with zero attached hydrogens (tertiary/aromatic N) is 2. The molecule has 4 nitrogen and oxygen atoms in total. The van der Waals surface area contributed by atoms with Crippen LogP contribution in [0.5, 0.6) is 5.75 Å². The summed E-state index contributed by atoms with van der Waals surface area (Å²) >= 11 is 5.48. The summed E-state index contributed by atoms with van der Waals surface area (Å²) < 4.78 is 8.30. The first-order valence-electron chi connectivity index (χ1n) is 6.74. The largest absolute Gasteiger partial charge is 0.494 e. The van der Waals surface area contributed by atoms with Crippen molar-refractivity contribution in [3.05, 3.63) is 23.0 Å². The fourth-order valence-electron chi connectivity index (χ4n) is 2.82. The predicted octanol–water partition coefficient (Wildman–Crippen LogP) is 3.30. The van der Waals surface area contributed by atoms with E-state index in [2.05, 4.69) is 48.5 Å². The first-order chi connectivity index (χ1) is 9.34. The molecular formula is C15H23N3OS. The summed E-state index contributed by atoms with van der Waals surface area (Å²) in [6.45, 7) is 6.39. The highest BCUT2D eigenvalue weighted by Gasteiger charge is 2.21. The molecule has 0 saturated heterocycles. The van der Waals surface area contributed by atoms with Crippen LogP contribution in [0.3, 0.4) is 0 Å². The number of benzene rings is 1. The molecule has 0 spiro atoms. The van der Waals surface area contributed by atoms with Crippen LogP contribution in [0, 0.1) is 10.2 Å². The van der Waals surface area contributed by atoms with Crippen molar-refractivity contribution in [3.63, 3.8) is 0 Å². The molecule has 0 fully saturated rings. The Morgan fingerprint density at radius 2 is 2.05 bits per heavy atom. The zero-order valence-electron chi connectivity index (χ0n) is 12.9. The minimum absolute atomic E-state index is 0.139. The zero-order chi connectivity index (χ0) is 14.9. The highest BCUT2D eigenvalue weighted by atomic mass is 32.1. The van der Waals surface area contributed by atoms with Crippen LogP contribution in [0.25, 0.3) is 11.0 Å². The molecule has 5 heteroatoms. The van der Waals surface area contributed by atoms with Gasteiger partial charge in [0.1, 0.15) is 11.3 Å². The number of hydrogen-bond acceptors (Lipinski definition) is 3. The first-order valence-corrected chi connectivity index (χ1v) is 7.15. The molecule has 1 aromatic carbocycles. The maximum atomic E-state index is 5.48. The van der Waals surface area contributed by atoms with E-state index in [0.717, 1.165) is 34.6 Å². The van der Waals surface area contributed by atoms with E-state index in [4.69, 9.17) is 17.0 Å². The Hall–Kier alpha value is -1.33. The van der Waals surface area contributed by atoms with Crippen molar-refractivity contribution in [2.24, 2.45) is 5.41 Å². The number of nitrogens with one attached hydrogen (secondary N) is 1. The number of para-hydroxylation sites is 1. The Balaban J connectivity index is 2.45. The number of methoxy groups -OCH3 is 1. The van der Waals surface area contributed by atoms with Gasteiger partial charge in [0.25, 0.3) is 0 Å². The molecule has 0 unspecified atom stereocenters. The first kappa shape index (κ1) is 15.1. The summed E-state index contributed by atoms with van der Waals surface area (Å²) in [5, 5.41) is 0.